The molecule has 17 heavy (non-hydrogen) atoms. The molecule has 1 heterocycles. The van der Waals surface area contributed by atoms with Crippen molar-refractivity contribution >= 4 is 5.91 Å². The Morgan fingerprint density at radius 2 is 2.29 bits per heavy atom. The number of rotatable bonds is 3. The fourth-order valence-electron chi connectivity index (χ4n) is 1.41. The molecule has 2 rings (SSSR count). The second-order valence-corrected chi connectivity index (χ2v) is 3.66. The van der Waals surface area contributed by atoms with Gasteiger partial charge >= 0.3 is 0 Å². The average molecular weight is 234 g/mol. The second kappa shape index (κ2) is 4.78. The highest BCUT2D eigenvalue weighted by Crippen LogP contribution is 2.10. The molecule has 1 amide bonds. The SMILES string of the molecule is Cc1ccc(F)c(C(=O)NCc2ccon2)c1. The fourth-order valence-corrected chi connectivity index (χ4v) is 1.41. The molecule has 1 aromatic carbocycles. The van der Waals surface area contributed by atoms with Gasteiger partial charge in [0.2, 0.25) is 0 Å². The van der Waals surface area contributed by atoms with Crippen molar-refractivity contribution in [1.82, 2.24) is 10.5 Å². The highest BCUT2D eigenvalue weighted by Gasteiger charge is 2.11. The molecule has 0 aliphatic rings. The topological polar surface area (TPSA) is 55.1 Å². The maximum absolute atomic E-state index is 13.4. The standard InChI is InChI=1S/C12H11FN2O2/c1-8-2-3-11(13)10(6-8)12(16)14-7-9-4-5-17-15-9/h2-6H,7H2,1H3,(H,14,16). The van der Waals surface area contributed by atoms with E-state index in [1.54, 1.807) is 19.1 Å². The van der Waals surface area contributed by atoms with Crippen LogP contribution in [-0.4, -0.2) is 11.1 Å². The average Bonchev–Trinajstić information content (AvgIpc) is 2.82. The second-order valence-electron chi connectivity index (χ2n) is 3.66. The summed E-state index contributed by atoms with van der Waals surface area (Å²) in [6, 6.07) is 6.03. The summed E-state index contributed by atoms with van der Waals surface area (Å²) < 4.78 is 18.0. The molecule has 1 aromatic heterocycles. The van der Waals surface area contributed by atoms with Crippen LogP contribution in [0.15, 0.2) is 35.1 Å². The van der Waals surface area contributed by atoms with E-state index in [0.717, 1.165) is 5.56 Å². The lowest BCUT2D eigenvalue weighted by atomic mass is 10.1. The predicted octanol–water partition coefficient (Wildman–Crippen LogP) is 2.05. The first-order chi connectivity index (χ1) is 8.16. The largest absolute Gasteiger partial charge is 0.364 e. The number of nitrogens with zero attached hydrogens (tertiary/aromatic N) is 1. The van der Waals surface area contributed by atoms with Crippen molar-refractivity contribution in [3.63, 3.8) is 0 Å². The number of carbonyl (C=O) groups excluding carboxylic acids is 1. The molecule has 1 N–H and O–H groups in total. The van der Waals surface area contributed by atoms with Crippen LogP contribution in [-0.2, 0) is 6.54 Å². The molecule has 88 valence electrons. The third kappa shape index (κ3) is 2.69. The van der Waals surface area contributed by atoms with Gasteiger partial charge in [-0.1, -0.05) is 16.8 Å². The van der Waals surface area contributed by atoms with Gasteiger partial charge in [0.25, 0.3) is 5.91 Å². The zero-order valence-electron chi connectivity index (χ0n) is 9.24. The quantitative estimate of drug-likeness (QED) is 0.884. The van der Waals surface area contributed by atoms with E-state index in [-0.39, 0.29) is 12.1 Å². The maximum Gasteiger partial charge on any atom is 0.254 e. The van der Waals surface area contributed by atoms with E-state index in [4.69, 9.17) is 0 Å². The summed E-state index contributed by atoms with van der Waals surface area (Å²) in [7, 11) is 0. The Bertz CT molecular complexity index is 523. The van der Waals surface area contributed by atoms with Crippen molar-refractivity contribution in [2.75, 3.05) is 0 Å². The summed E-state index contributed by atoms with van der Waals surface area (Å²) >= 11 is 0. The van der Waals surface area contributed by atoms with Crippen LogP contribution in [0, 0.1) is 12.7 Å². The first-order valence-electron chi connectivity index (χ1n) is 5.10. The first-order valence-corrected chi connectivity index (χ1v) is 5.10. The van der Waals surface area contributed by atoms with Gasteiger partial charge in [0.05, 0.1) is 12.1 Å². The minimum atomic E-state index is -0.534. The lowest BCUT2D eigenvalue weighted by Gasteiger charge is -2.05. The number of benzene rings is 1. The summed E-state index contributed by atoms with van der Waals surface area (Å²) in [6.45, 7) is 2.01. The molecule has 0 spiro atoms. The molecule has 2 aromatic rings. The van der Waals surface area contributed by atoms with Gasteiger partial charge < -0.3 is 9.84 Å². The van der Waals surface area contributed by atoms with E-state index in [0.29, 0.717) is 5.69 Å². The van der Waals surface area contributed by atoms with Crippen LogP contribution in [0.3, 0.4) is 0 Å². The molecule has 0 unspecified atom stereocenters. The zero-order chi connectivity index (χ0) is 12.3. The van der Waals surface area contributed by atoms with Gasteiger partial charge in [-0.25, -0.2) is 4.39 Å². The number of aromatic nitrogens is 1. The number of amides is 1. The van der Waals surface area contributed by atoms with Crippen molar-refractivity contribution in [3.05, 3.63) is 53.2 Å². The summed E-state index contributed by atoms with van der Waals surface area (Å²) in [5.41, 5.74) is 1.46. The Kier molecular flexibility index (Phi) is 3.18. The fraction of sp³-hybridized carbons (Fsp3) is 0.167. The summed E-state index contributed by atoms with van der Waals surface area (Å²) in [6.07, 6.45) is 1.41. The van der Waals surface area contributed by atoms with Crippen molar-refractivity contribution in [2.24, 2.45) is 0 Å². The Balaban J connectivity index is 2.07. The van der Waals surface area contributed by atoms with Crippen LogP contribution in [0.1, 0.15) is 21.6 Å². The zero-order valence-corrected chi connectivity index (χ0v) is 9.24. The van der Waals surface area contributed by atoms with Gasteiger partial charge in [-0.2, -0.15) is 0 Å². The number of carbonyl (C=O) groups is 1. The number of hydrogen-bond donors (Lipinski definition) is 1. The molecular formula is C12H11FN2O2. The van der Waals surface area contributed by atoms with Crippen molar-refractivity contribution in [2.45, 2.75) is 13.5 Å². The maximum atomic E-state index is 13.4. The molecule has 0 aliphatic heterocycles. The van der Waals surface area contributed by atoms with Gasteiger partial charge in [-0.05, 0) is 19.1 Å². The van der Waals surface area contributed by atoms with Gasteiger partial charge in [0.1, 0.15) is 17.8 Å². The Hall–Kier alpha value is -2.17. The van der Waals surface area contributed by atoms with E-state index in [2.05, 4.69) is 15.0 Å². The lowest BCUT2D eigenvalue weighted by Crippen LogP contribution is -2.24. The van der Waals surface area contributed by atoms with E-state index >= 15 is 0 Å². The normalized spacial score (nSPS) is 10.2. The van der Waals surface area contributed by atoms with Crippen LogP contribution in [0.2, 0.25) is 0 Å². The monoisotopic (exact) mass is 234 g/mol. The molecule has 0 fully saturated rings. The highest BCUT2D eigenvalue weighted by atomic mass is 19.1. The molecule has 0 aliphatic carbocycles. The van der Waals surface area contributed by atoms with Crippen LogP contribution in [0.5, 0.6) is 0 Å². The summed E-state index contributed by atoms with van der Waals surface area (Å²) in [5, 5.41) is 6.21. The smallest absolute Gasteiger partial charge is 0.254 e. The number of halogens is 1. The molecule has 0 radical (unpaired) electrons. The van der Waals surface area contributed by atoms with E-state index in [9.17, 15) is 9.18 Å². The molecule has 0 saturated heterocycles. The lowest BCUT2D eigenvalue weighted by molar-refractivity contribution is 0.0946. The van der Waals surface area contributed by atoms with Crippen LogP contribution < -0.4 is 5.32 Å². The number of hydrogen-bond acceptors (Lipinski definition) is 3. The van der Waals surface area contributed by atoms with Gasteiger partial charge in [0, 0.05) is 6.07 Å². The molecule has 0 bridgehead atoms. The van der Waals surface area contributed by atoms with Crippen molar-refractivity contribution in [1.29, 1.82) is 0 Å². The third-order valence-corrected chi connectivity index (χ3v) is 2.29. The Morgan fingerprint density at radius 3 is 3.00 bits per heavy atom. The van der Waals surface area contributed by atoms with E-state index in [1.165, 1.54) is 18.4 Å². The van der Waals surface area contributed by atoms with Gasteiger partial charge in [-0.15, -0.1) is 0 Å². The molecule has 5 heteroatoms. The minimum Gasteiger partial charge on any atom is -0.364 e. The molecule has 0 atom stereocenters. The minimum absolute atomic E-state index is 0.0356. The third-order valence-electron chi connectivity index (χ3n) is 2.29. The molecule has 4 nitrogen and oxygen atoms in total. The summed E-state index contributed by atoms with van der Waals surface area (Å²) in [5.74, 6) is -0.998. The van der Waals surface area contributed by atoms with E-state index < -0.39 is 11.7 Å². The van der Waals surface area contributed by atoms with Crippen LogP contribution in [0.25, 0.3) is 0 Å². The van der Waals surface area contributed by atoms with Crippen LogP contribution >= 0.6 is 0 Å². The number of nitrogens with one attached hydrogen (secondary N) is 1. The van der Waals surface area contributed by atoms with E-state index in [1.807, 2.05) is 0 Å². The molecule has 0 saturated carbocycles. The van der Waals surface area contributed by atoms with Crippen molar-refractivity contribution < 1.29 is 13.7 Å². The molecular weight excluding hydrogens is 223 g/mol. The Morgan fingerprint density at radius 1 is 1.47 bits per heavy atom. The van der Waals surface area contributed by atoms with Gasteiger partial charge in [-0.3, -0.25) is 4.79 Å². The highest BCUT2D eigenvalue weighted by molar-refractivity contribution is 5.94. The summed E-state index contributed by atoms with van der Waals surface area (Å²) in [4.78, 5) is 11.7. The van der Waals surface area contributed by atoms with Crippen LogP contribution in [0.4, 0.5) is 4.39 Å². The number of aryl methyl sites for hydroxylation is 1. The predicted molar refractivity (Wildman–Crippen MR) is 58.8 cm³/mol. The van der Waals surface area contributed by atoms with Crippen molar-refractivity contribution in [3.8, 4) is 0 Å². The first kappa shape index (κ1) is 11.3. The Labute approximate surface area is 97.4 Å². The van der Waals surface area contributed by atoms with Gasteiger partial charge in [0.15, 0.2) is 0 Å².